The van der Waals surface area contributed by atoms with Crippen LogP contribution in [-0.2, 0) is 16.6 Å². The minimum Gasteiger partial charge on any atom is -0.324 e. The van der Waals surface area contributed by atoms with Gasteiger partial charge in [-0.1, -0.05) is 12.1 Å². The third kappa shape index (κ3) is 1.54. The zero-order chi connectivity index (χ0) is 12.8. The number of benzene rings is 1. The molecule has 0 bridgehead atoms. The Morgan fingerprint density at radius 2 is 2.06 bits per heavy atom. The van der Waals surface area contributed by atoms with Gasteiger partial charge in [0.25, 0.3) is 10.0 Å². The van der Waals surface area contributed by atoms with Crippen molar-refractivity contribution < 1.29 is 8.42 Å². The molecule has 8 heteroatoms. The maximum atomic E-state index is 11.8. The molecule has 1 aliphatic heterocycles. The second-order valence-electron chi connectivity index (χ2n) is 3.70. The van der Waals surface area contributed by atoms with Crippen LogP contribution >= 0.6 is 0 Å². The van der Waals surface area contributed by atoms with Crippen molar-refractivity contribution in [2.24, 2.45) is 10.1 Å². The number of fused-ring (bicyclic) bond motifs is 1. The average Bonchev–Trinajstić information content (AvgIpc) is 2.93. The van der Waals surface area contributed by atoms with E-state index in [0.717, 1.165) is 0 Å². The van der Waals surface area contributed by atoms with Crippen LogP contribution in [0, 0.1) is 0 Å². The summed E-state index contributed by atoms with van der Waals surface area (Å²) in [6.07, 6.45) is 1.40. The van der Waals surface area contributed by atoms with Crippen LogP contribution in [0.15, 0.2) is 39.9 Å². The largest absolute Gasteiger partial charge is 0.324 e. The summed E-state index contributed by atoms with van der Waals surface area (Å²) in [5.74, 6) is 0.678. The molecule has 0 amide bonds. The first-order valence-corrected chi connectivity index (χ1v) is 6.61. The van der Waals surface area contributed by atoms with Crippen molar-refractivity contribution in [3.05, 3.63) is 42.0 Å². The van der Waals surface area contributed by atoms with Gasteiger partial charge in [-0.05, 0) is 12.1 Å². The zero-order valence-electron chi connectivity index (χ0n) is 9.18. The molecule has 0 unspecified atom stereocenters. The topological polar surface area (TPSA) is 103 Å². The first-order valence-electron chi connectivity index (χ1n) is 5.17. The Balaban J connectivity index is 2.20. The Labute approximate surface area is 103 Å². The highest BCUT2D eigenvalue weighted by Crippen LogP contribution is 2.26. The van der Waals surface area contributed by atoms with Crippen molar-refractivity contribution in [3.8, 4) is 0 Å². The SMILES string of the molecule is NCc1ncn(C2=NS(=O)(=O)c3ccccc32)n1. The molecule has 0 atom stereocenters. The van der Waals surface area contributed by atoms with Crippen LogP contribution in [0.5, 0.6) is 0 Å². The Bertz CT molecular complexity index is 747. The molecule has 1 aromatic carbocycles. The van der Waals surface area contributed by atoms with E-state index in [1.54, 1.807) is 18.2 Å². The van der Waals surface area contributed by atoms with Crippen molar-refractivity contribution in [1.29, 1.82) is 0 Å². The highest BCUT2D eigenvalue weighted by Gasteiger charge is 2.29. The molecule has 2 heterocycles. The van der Waals surface area contributed by atoms with Gasteiger partial charge in [0.15, 0.2) is 11.7 Å². The third-order valence-electron chi connectivity index (χ3n) is 2.55. The van der Waals surface area contributed by atoms with Crippen molar-refractivity contribution in [2.45, 2.75) is 11.4 Å². The highest BCUT2D eigenvalue weighted by atomic mass is 32.2. The molecule has 1 aliphatic rings. The summed E-state index contributed by atoms with van der Waals surface area (Å²) in [4.78, 5) is 4.14. The molecule has 2 N–H and O–H groups in total. The number of sulfonamides is 1. The van der Waals surface area contributed by atoms with Gasteiger partial charge in [-0.15, -0.1) is 9.50 Å². The van der Waals surface area contributed by atoms with Gasteiger partial charge in [0, 0.05) is 5.56 Å². The van der Waals surface area contributed by atoms with E-state index in [9.17, 15) is 8.42 Å². The molecule has 7 nitrogen and oxygen atoms in total. The molecule has 92 valence electrons. The molecular weight excluding hydrogens is 254 g/mol. The Morgan fingerprint density at radius 3 is 2.78 bits per heavy atom. The lowest BCUT2D eigenvalue weighted by atomic mass is 10.2. The molecule has 0 spiro atoms. The van der Waals surface area contributed by atoms with Gasteiger partial charge >= 0.3 is 0 Å². The number of rotatable bonds is 1. The fourth-order valence-corrected chi connectivity index (χ4v) is 2.94. The van der Waals surface area contributed by atoms with E-state index in [1.165, 1.54) is 17.1 Å². The van der Waals surface area contributed by atoms with Crippen LogP contribution in [0.2, 0.25) is 0 Å². The molecule has 0 radical (unpaired) electrons. The van der Waals surface area contributed by atoms with Crippen LogP contribution in [-0.4, -0.2) is 29.0 Å². The summed E-state index contributed by atoms with van der Waals surface area (Å²) >= 11 is 0. The molecule has 0 saturated heterocycles. The van der Waals surface area contributed by atoms with Crippen molar-refractivity contribution in [1.82, 2.24) is 14.8 Å². The van der Waals surface area contributed by atoms with Gasteiger partial charge in [-0.2, -0.15) is 8.42 Å². The summed E-state index contributed by atoms with van der Waals surface area (Å²) in [5, 5.41) is 4.06. The van der Waals surface area contributed by atoms with Crippen LogP contribution in [0.3, 0.4) is 0 Å². The Kier molecular flexibility index (Phi) is 2.28. The minimum atomic E-state index is -3.63. The lowest BCUT2D eigenvalue weighted by molar-refractivity contribution is 0.599. The molecular formula is C10H9N5O2S. The quantitative estimate of drug-likeness (QED) is 0.763. The number of aromatic nitrogens is 3. The Hall–Kier alpha value is -2.06. The smallest absolute Gasteiger partial charge is 0.285 e. The normalized spacial score (nSPS) is 16.4. The van der Waals surface area contributed by atoms with Gasteiger partial charge < -0.3 is 5.73 Å². The summed E-state index contributed by atoms with van der Waals surface area (Å²) in [6.45, 7) is 0.189. The fraction of sp³-hybridized carbons (Fsp3) is 0.100. The van der Waals surface area contributed by atoms with E-state index in [0.29, 0.717) is 11.4 Å². The van der Waals surface area contributed by atoms with Crippen molar-refractivity contribution in [3.63, 3.8) is 0 Å². The van der Waals surface area contributed by atoms with Crippen LogP contribution < -0.4 is 5.73 Å². The predicted molar refractivity (Wildman–Crippen MR) is 63.5 cm³/mol. The summed E-state index contributed by atoms with van der Waals surface area (Å²) in [6, 6.07) is 6.60. The molecule has 2 aromatic rings. The lowest BCUT2D eigenvalue weighted by Crippen LogP contribution is -2.13. The van der Waals surface area contributed by atoms with E-state index in [4.69, 9.17) is 5.73 Å². The van der Waals surface area contributed by atoms with Crippen molar-refractivity contribution in [2.75, 3.05) is 0 Å². The third-order valence-corrected chi connectivity index (χ3v) is 3.88. The van der Waals surface area contributed by atoms with Crippen molar-refractivity contribution >= 4 is 15.9 Å². The maximum absolute atomic E-state index is 11.8. The molecule has 0 aliphatic carbocycles. The number of nitrogens with two attached hydrogens (primary N) is 1. The number of nitrogens with zero attached hydrogens (tertiary/aromatic N) is 4. The van der Waals surface area contributed by atoms with Crippen LogP contribution in [0.4, 0.5) is 0 Å². The monoisotopic (exact) mass is 263 g/mol. The molecule has 3 rings (SSSR count). The van der Waals surface area contributed by atoms with E-state index in [1.807, 2.05) is 0 Å². The molecule has 0 saturated carbocycles. The summed E-state index contributed by atoms with van der Waals surface area (Å²) < 4.78 is 28.7. The van der Waals surface area contributed by atoms with Crippen LogP contribution in [0.1, 0.15) is 11.4 Å². The first-order chi connectivity index (χ1) is 8.62. The fourth-order valence-electron chi connectivity index (χ4n) is 1.75. The summed E-state index contributed by atoms with van der Waals surface area (Å²) in [7, 11) is -3.63. The highest BCUT2D eigenvalue weighted by molar-refractivity contribution is 7.90. The molecule has 1 aromatic heterocycles. The number of hydrogen-bond donors (Lipinski definition) is 1. The standard InChI is InChI=1S/C10H9N5O2S/c11-5-9-12-6-15(13-9)10-7-3-1-2-4-8(7)18(16,17)14-10/h1-4,6H,5,11H2. The summed E-state index contributed by atoms with van der Waals surface area (Å²) in [5.41, 5.74) is 5.93. The van der Waals surface area contributed by atoms with E-state index in [2.05, 4.69) is 14.5 Å². The molecule has 0 fully saturated rings. The Morgan fingerprint density at radius 1 is 1.28 bits per heavy atom. The van der Waals surface area contributed by atoms with Gasteiger partial charge in [0.1, 0.15) is 11.2 Å². The minimum absolute atomic E-state index is 0.185. The second-order valence-corrected chi connectivity index (χ2v) is 5.27. The van der Waals surface area contributed by atoms with Gasteiger partial charge in [-0.25, -0.2) is 9.67 Å². The van der Waals surface area contributed by atoms with E-state index in [-0.39, 0.29) is 17.3 Å². The molecule has 18 heavy (non-hydrogen) atoms. The van der Waals surface area contributed by atoms with Crippen LogP contribution in [0.25, 0.3) is 0 Å². The van der Waals surface area contributed by atoms with Gasteiger partial charge in [0.05, 0.1) is 6.54 Å². The van der Waals surface area contributed by atoms with Gasteiger partial charge in [0.2, 0.25) is 0 Å². The van der Waals surface area contributed by atoms with E-state index >= 15 is 0 Å². The zero-order valence-corrected chi connectivity index (χ0v) is 10.0. The average molecular weight is 263 g/mol. The first kappa shape index (κ1) is 11.1. The van der Waals surface area contributed by atoms with E-state index < -0.39 is 10.0 Å². The maximum Gasteiger partial charge on any atom is 0.285 e. The lowest BCUT2D eigenvalue weighted by Gasteiger charge is -1.99. The van der Waals surface area contributed by atoms with Gasteiger partial charge in [-0.3, -0.25) is 0 Å². The second kappa shape index (κ2) is 3.72. The number of hydrogen-bond acceptors (Lipinski definition) is 5. The predicted octanol–water partition coefficient (Wildman–Crippen LogP) is -0.266.